The van der Waals surface area contributed by atoms with E-state index in [9.17, 15) is 9.90 Å². The van der Waals surface area contributed by atoms with Crippen LogP contribution in [0.5, 0.6) is 11.5 Å². The third-order valence-electron chi connectivity index (χ3n) is 5.83. The number of rotatable bonds is 5. The molecule has 0 spiro atoms. The molecule has 1 aliphatic rings. The molecule has 0 bridgehead atoms. The Morgan fingerprint density at radius 1 is 1.10 bits per heavy atom. The zero-order valence-corrected chi connectivity index (χ0v) is 17.6. The lowest BCUT2D eigenvalue weighted by atomic mass is 9.84. The van der Waals surface area contributed by atoms with Crippen LogP contribution in [0.25, 0.3) is 0 Å². The Hall–Kier alpha value is -2.73. The molecular formula is C23H30N2O4. The highest BCUT2D eigenvalue weighted by Crippen LogP contribution is 2.36. The van der Waals surface area contributed by atoms with E-state index < -0.39 is 5.60 Å². The van der Waals surface area contributed by atoms with E-state index in [-0.39, 0.29) is 12.1 Å². The predicted molar refractivity (Wildman–Crippen MR) is 112 cm³/mol. The summed E-state index contributed by atoms with van der Waals surface area (Å²) in [5, 5.41) is 14.0. The van der Waals surface area contributed by atoms with Gasteiger partial charge in [-0.3, -0.25) is 0 Å². The molecule has 6 nitrogen and oxygen atoms in total. The van der Waals surface area contributed by atoms with Crippen molar-refractivity contribution in [2.75, 3.05) is 27.3 Å². The van der Waals surface area contributed by atoms with Gasteiger partial charge in [0.25, 0.3) is 0 Å². The number of aliphatic hydroxyl groups is 1. The molecule has 2 aromatic carbocycles. The van der Waals surface area contributed by atoms with Crippen LogP contribution in [-0.4, -0.2) is 43.3 Å². The van der Waals surface area contributed by atoms with Gasteiger partial charge in [-0.15, -0.1) is 0 Å². The van der Waals surface area contributed by atoms with Gasteiger partial charge in [-0.2, -0.15) is 0 Å². The number of piperidine rings is 1. The molecule has 1 fully saturated rings. The number of urea groups is 1. The molecule has 0 radical (unpaired) electrons. The van der Waals surface area contributed by atoms with Crippen molar-refractivity contribution < 1.29 is 19.4 Å². The highest BCUT2D eigenvalue weighted by molar-refractivity contribution is 5.75. The maximum absolute atomic E-state index is 12.8. The average molecular weight is 399 g/mol. The van der Waals surface area contributed by atoms with Gasteiger partial charge >= 0.3 is 6.03 Å². The summed E-state index contributed by atoms with van der Waals surface area (Å²) in [6.45, 7) is 4.93. The monoisotopic (exact) mass is 398 g/mol. The molecule has 0 saturated carbocycles. The van der Waals surface area contributed by atoms with Crippen molar-refractivity contribution in [3.05, 3.63) is 59.2 Å². The molecule has 2 N–H and O–H groups in total. The lowest BCUT2D eigenvalue weighted by Gasteiger charge is -2.39. The molecule has 1 saturated heterocycles. The van der Waals surface area contributed by atoms with Crippen LogP contribution in [-0.2, 0) is 5.60 Å². The molecule has 6 heteroatoms. The van der Waals surface area contributed by atoms with E-state index in [1.165, 1.54) is 0 Å². The first-order valence-corrected chi connectivity index (χ1v) is 9.94. The molecule has 2 aromatic rings. The van der Waals surface area contributed by atoms with Crippen molar-refractivity contribution in [2.45, 2.75) is 38.3 Å². The van der Waals surface area contributed by atoms with E-state index >= 15 is 0 Å². The Morgan fingerprint density at radius 2 is 1.76 bits per heavy atom. The number of benzene rings is 2. The summed E-state index contributed by atoms with van der Waals surface area (Å²) in [5.41, 5.74) is 1.96. The second kappa shape index (κ2) is 8.74. The molecule has 2 amide bonds. The molecular weight excluding hydrogens is 368 g/mol. The lowest BCUT2D eigenvalue weighted by Crippen LogP contribution is -2.49. The van der Waals surface area contributed by atoms with E-state index in [2.05, 4.69) is 5.32 Å². The molecule has 156 valence electrons. The SMILES string of the molecule is COc1ccc(C(C)NC(=O)N2CCC(O)(c3ccccc3)CC2)c(C)c1OC. The van der Waals surface area contributed by atoms with Gasteiger partial charge in [-0.25, -0.2) is 4.79 Å². The fourth-order valence-electron chi connectivity index (χ4n) is 4.04. The van der Waals surface area contributed by atoms with Gasteiger partial charge < -0.3 is 24.8 Å². The van der Waals surface area contributed by atoms with E-state index in [0.29, 0.717) is 37.4 Å². The smallest absolute Gasteiger partial charge is 0.317 e. The van der Waals surface area contributed by atoms with Crippen LogP contribution in [0.2, 0.25) is 0 Å². The summed E-state index contributed by atoms with van der Waals surface area (Å²) in [6.07, 6.45) is 1.04. The van der Waals surface area contributed by atoms with Gasteiger partial charge in [0.1, 0.15) is 0 Å². The Kier molecular flexibility index (Phi) is 6.33. The molecule has 0 aliphatic carbocycles. The van der Waals surface area contributed by atoms with E-state index in [1.54, 1.807) is 19.1 Å². The maximum Gasteiger partial charge on any atom is 0.317 e. The van der Waals surface area contributed by atoms with Crippen molar-refractivity contribution in [1.29, 1.82) is 0 Å². The molecule has 1 heterocycles. The molecule has 1 atom stereocenters. The van der Waals surface area contributed by atoms with Gasteiger partial charge in [0, 0.05) is 18.7 Å². The van der Waals surface area contributed by atoms with Crippen LogP contribution >= 0.6 is 0 Å². The van der Waals surface area contributed by atoms with Crippen LogP contribution in [0.3, 0.4) is 0 Å². The van der Waals surface area contributed by atoms with E-state index in [1.807, 2.05) is 56.3 Å². The van der Waals surface area contributed by atoms with Gasteiger partial charge in [-0.1, -0.05) is 36.4 Å². The third-order valence-corrected chi connectivity index (χ3v) is 5.83. The number of nitrogens with one attached hydrogen (secondary N) is 1. The number of amides is 2. The van der Waals surface area contributed by atoms with E-state index in [0.717, 1.165) is 16.7 Å². The first-order chi connectivity index (χ1) is 13.9. The predicted octanol–water partition coefficient (Wildman–Crippen LogP) is 3.77. The number of hydrogen-bond acceptors (Lipinski definition) is 4. The largest absolute Gasteiger partial charge is 0.493 e. The van der Waals surface area contributed by atoms with Crippen LogP contribution in [0.15, 0.2) is 42.5 Å². The standard InChI is InChI=1S/C23H30N2O4/c1-16-19(10-11-20(28-3)21(16)29-4)17(2)24-22(26)25-14-12-23(27,13-15-25)18-8-6-5-7-9-18/h5-11,17,27H,12-15H2,1-4H3,(H,24,26). The number of hydrogen-bond donors (Lipinski definition) is 2. The number of ether oxygens (including phenoxy) is 2. The number of methoxy groups -OCH3 is 2. The first kappa shape index (κ1) is 21.0. The molecule has 1 unspecified atom stereocenters. The summed E-state index contributed by atoms with van der Waals surface area (Å²) in [5.74, 6) is 1.35. The van der Waals surface area contributed by atoms with Crippen molar-refractivity contribution in [2.24, 2.45) is 0 Å². The fraction of sp³-hybridized carbons (Fsp3) is 0.435. The summed E-state index contributed by atoms with van der Waals surface area (Å²) in [7, 11) is 3.22. The van der Waals surface area contributed by atoms with Crippen LogP contribution in [0.4, 0.5) is 4.79 Å². The van der Waals surface area contributed by atoms with Crippen LogP contribution in [0.1, 0.15) is 42.5 Å². The Morgan fingerprint density at radius 3 is 2.34 bits per heavy atom. The van der Waals surface area contributed by atoms with Gasteiger partial charge in [-0.05, 0) is 43.9 Å². The normalized spacial score (nSPS) is 16.8. The van der Waals surface area contributed by atoms with E-state index in [4.69, 9.17) is 9.47 Å². The molecule has 0 aromatic heterocycles. The minimum atomic E-state index is -0.871. The number of nitrogens with zero attached hydrogens (tertiary/aromatic N) is 1. The van der Waals surface area contributed by atoms with Crippen molar-refractivity contribution in [3.8, 4) is 11.5 Å². The Bertz CT molecular complexity index is 845. The number of carbonyl (C=O) groups is 1. The fourth-order valence-corrected chi connectivity index (χ4v) is 4.04. The number of carbonyl (C=O) groups excluding carboxylic acids is 1. The van der Waals surface area contributed by atoms with Crippen molar-refractivity contribution >= 4 is 6.03 Å². The van der Waals surface area contributed by atoms with Crippen molar-refractivity contribution in [3.63, 3.8) is 0 Å². The van der Waals surface area contributed by atoms with Crippen molar-refractivity contribution in [1.82, 2.24) is 10.2 Å². The van der Waals surface area contributed by atoms with Crippen LogP contribution in [0, 0.1) is 6.92 Å². The maximum atomic E-state index is 12.8. The zero-order chi connectivity index (χ0) is 21.0. The summed E-state index contributed by atoms with van der Waals surface area (Å²) >= 11 is 0. The Labute approximate surface area is 172 Å². The summed E-state index contributed by atoms with van der Waals surface area (Å²) in [6, 6.07) is 13.2. The number of likely N-dealkylation sites (tertiary alicyclic amines) is 1. The highest BCUT2D eigenvalue weighted by Gasteiger charge is 2.35. The molecule has 1 aliphatic heterocycles. The first-order valence-electron chi connectivity index (χ1n) is 9.94. The zero-order valence-electron chi connectivity index (χ0n) is 17.6. The third kappa shape index (κ3) is 4.32. The quantitative estimate of drug-likeness (QED) is 0.804. The van der Waals surface area contributed by atoms with Gasteiger partial charge in [0.05, 0.1) is 25.9 Å². The van der Waals surface area contributed by atoms with Gasteiger partial charge in [0.15, 0.2) is 11.5 Å². The second-order valence-electron chi connectivity index (χ2n) is 7.57. The minimum Gasteiger partial charge on any atom is -0.493 e. The summed E-state index contributed by atoms with van der Waals surface area (Å²) in [4.78, 5) is 14.6. The molecule has 29 heavy (non-hydrogen) atoms. The lowest BCUT2D eigenvalue weighted by molar-refractivity contribution is -0.0169. The second-order valence-corrected chi connectivity index (χ2v) is 7.57. The van der Waals surface area contributed by atoms with Gasteiger partial charge in [0.2, 0.25) is 0 Å². The average Bonchev–Trinajstić information content (AvgIpc) is 2.74. The highest BCUT2D eigenvalue weighted by atomic mass is 16.5. The topological polar surface area (TPSA) is 71.0 Å². The minimum absolute atomic E-state index is 0.123. The van der Waals surface area contributed by atoms with Crippen LogP contribution < -0.4 is 14.8 Å². The Balaban J connectivity index is 1.64. The summed E-state index contributed by atoms with van der Waals surface area (Å²) < 4.78 is 10.8. The molecule has 3 rings (SSSR count).